The molecule has 8 nitrogen and oxygen atoms in total. The van der Waals surface area contributed by atoms with E-state index in [-0.39, 0.29) is 36.9 Å². The van der Waals surface area contributed by atoms with Gasteiger partial charge in [-0.05, 0) is 37.3 Å². The van der Waals surface area contributed by atoms with E-state index in [9.17, 15) is 9.59 Å². The summed E-state index contributed by atoms with van der Waals surface area (Å²) in [5, 5.41) is 16.9. The lowest BCUT2D eigenvalue weighted by Gasteiger charge is -2.15. The van der Waals surface area contributed by atoms with E-state index in [1.165, 1.54) is 12.0 Å². The molecule has 0 unspecified atom stereocenters. The van der Waals surface area contributed by atoms with E-state index >= 15 is 0 Å². The van der Waals surface area contributed by atoms with Crippen LogP contribution in [0.2, 0.25) is 5.15 Å². The van der Waals surface area contributed by atoms with Crippen molar-refractivity contribution in [1.82, 2.24) is 14.7 Å². The average Bonchev–Trinajstić information content (AvgIpc) is 3.15. The number of ether oxygens (including phenoxy) is 1. The molecule has 0 fully saturated rings. The maximum absolute atomic E-state index is 12.5. The fourth-order valence-electron chi connectivity index (χ4n) is 2.83. The second-order valence-electron chi connectivity index (χ2n) is 5.99. The molecule has 1 amide bonds. The van der Waals surface area contributed by atoms with Crippen LogP contribution in [-0.4, -0.2) is 58.5 Å². The molecule has 1 aliphatic rings. The van der Waals surface area contributed by atoms with Crippen molar-refractivity contribution in [3.63, 3.8) is 0 Å². The fraction of sp³-hybridized carbons (Fsp3) is 0.278. The van der Waals surface area contributed by atoms with Gasteiger partial charge in [-0.3, -0.25) is 4.79 Å². The summed E-state index contributed by atoms with van der Waals surface area (Å²) in [6.45, 7) is 1.89. The number of nitrogens with one attached hydrogen (secondary N) is 1. The van der Waals surface area contributed by atoms with Gasteiger partial charge in [0.25, 0.3) is 5.91 Å². The number of carbonyl (C=O) groups excluding carboxylic acids is 2. The summed E-state index contributed by atoms with van der Waals surface area (Å²) in [4.78, 5) is 25.9. The lowest BCUT2D eigenvalue weighted by molar-refractivity contribution is -0.136. The lowest BCUT2D eigenvalue weighted by Crippen LogP contribution is -2.31. The quantitative estimate of drug-likeness (QED) is 0.726. The van der Waals surface area contributed by atoms with Crippen LogP contribution in [0.3, 0.4) is 0 Å². The molecule has 2 N–H and O–H groups in total. The molecule has 9 heteroatoms. The molecule has 1 aliphatic heterocycles. The number of hydrogen-bond donors (Lipinski definition) is 2. The Kier molecular flexibility index (Phi) is 5.48. The Morgan fingerprint density at radius 3 is 2.63 bits per heavy atom. The lowest BCUT2D eigenvalue weighted by atomic mass is 10.2. The van der Waals surface area contributed by atoms with Crippen molar-refractivity contribution >= 4 is 29.2 Å². The molecule has 2 heterocycles. The van der Waals surface area contributed by atoms with Gasteiger partial charge in [-0.15, -0.1) is 0 Å². The van der Waals surface area contributed by atoms with E-state index in [2.05, 4.69) is 10.4 Å². The number of aliphatic hydroxyl groups is 1. The summed E-state index contributed by atoms with van der Waals surface area (Å²) in [7, 11) is 1.26. The zero-order chi connectivity index (χ0) is 19.6. The van der Waals surface area contributed by atoms with Gasteiger partial charge in [0.2, 0.25) is 0 Å². The van der Waals surface area contributed by atoms with Gasteiger partial charge in [0.15, 0.2) is 0 Å². The van der Waals surface area contributed by atoms with Crippen LogP contribution in [0.1, 0.15) is 5.69 Å². The molecule has 0 spiro atoms. The molecule has 0 saturated carbocycles. The molecule has 142 valence electrons. The van der Waals surface area contributed by atoms with Gasteiger partial charge in [-0.25, -0.2) is 9.48 Å². The molecule has 2 aromatic rings. The van der Waals surface area contributed by atoms with Crippen LogP contribution >= 0.6 is 11.6 Å². The summed E-state index contributed by atoms with van der Waals surface area (Å²) in [5.41, 5.74) is 2.56. The number of anilines is 1. The number of esters is 1. The number of benzene rings is 1. The Labute approximate surface area is 161 Å². The standard InChI is InChI=1S/C18H19ClN4O4/c1-11-9-15(19)23(21-11)13-5-3-12(4-6-13)20-16-14(18(26)27-2)10-22(7-8-24)17(16)25/h3-6,9,20,24H,7-8,10H2,1-2H3. The van der Waals surface area contributed by atoms with Gasteiger partial charge in [0.1, 0.15) is 10.9 Å². The Morgan fingerprint density at radius 1 is 1.37 bits per heavy atom. The summed E-state index contributed by atoms with van der Waals surface area (Å²) in [5.74, 6) is -0.944. The molecular formula is C18H19ClN4O4. The predicted molar refractivity (Wildman–Crippen MR) is 99.6 cm³/mol. The summed E-state index contributed by atoms with van der Waals surface area (Å²) < 4.78 is 6.37. The molecule has 0 atom stereocenters. The molecule has 3 rings (SSSR count). The number of nitrogens with zero attached hydrogens (tertiary/aromatic N) is 3. The zero-order valence-electron chi connectivity index (χ0n) is 14.9. The van der Waals surface area contributed by atoms with E-state index in [4.69, 9.17) is 21.4 Å². The number of aryl methyl sites for hydroxylation is 1. The van der Waals surface area contributed by atoms with Crippen molar-refractivity contribution in [2.24, 2.45) is 0 Å². The third-order valence-corrected chi connectivity index (χ3v) is 4.39. The van der Waals surface area contributed by atoms with Crippen LogP contribution in [-0.2, 0) is 14.3 Å². The smallest absolute Gasteiger partial charge is 0.337 e. The Bertz CT molecular complexity index is 905. The maximum Gasteiger partial charge on any atom is 0.337 e. The van der Waals surface area contributed by atoms with Crippen LogP contribution in [0.15, 0.2) is 41.6 Å². The third-order valence-electron chi connectivity index (χ3n) is 4.12. The molecule has 0 aliphatic carbocycles. The minimum Gasteiger partial charge on any atom is -0.466 e. The maximum atomic E-state index is 12.5. The number of halogens is 1. The molecule has 1 aromatic carbocycles. The van der Waals surface area contributed by atoms with Crippen LogP contribution in [0.5, 0.6) is 0 Å². The number of hydrogen-bond acceptors (Lipinski definition) is 6. The Morgan fingerprint density at radius 2 is 2.07 bits per heavy atom. The predicted octanol–water partition coefficient (Wildman–Crippen LogP) is 1.51. The van der Waals surface area contributed by atoms with Crippen molar-refractivity contribution in [1.29, 1.82) is 0 Å². The topological polar surface area (TPSA) is 96.7 Å². The Hall–Kier alpha value is -2.84. The Balaban J connectivity index is 1.85. The highest BCUT2D eigenvalue weighted by Gasteiger charge is 2.34. The van der Waals surface area contributed by atoms with E-state index < -0.39 is 5.97 Å². The third kappa shape index (κ3) is 3.81. The van der Waals surface area contributed by atoms with Crippen molar-refractivity contribution in [3.8, 4) is 5.69 Å². The fourth-order valence-corrected chi connectivity index (χ4v) is 3.12. The van der Waals surface area contributed by atoms with E-state index in [1.807, 2.05) is 6.92 Å². The minimum atomic E-state index is -0.582. The van der Waals surface area contributed by atoms with Crippen LogP contribution < -0.4 is 5.32 Å². The molecule has 0 saturated heterocycles. The summed E-state index contributed by atoms with van der Waals surface area (Å²) >= 11 is 6.15. The highest BCUT2D eigenvalue weighted by atomic mass is 35.5. The second kappa shape index (κ2) is 7.81. The average molecular weight is 391 g/mol. The number of aromatic nitrogens is 2. The van der Waals surface area contributed by atoms with Crippen LogP contribution in [0, 0.1) is 6.92 Å². The highest BCUT2D eigenvalue weighted by molar-refractivity contribution is 6.29. The number of β-amino-alcohol motifs (C(OH)–C–C–N with tert-alkyl or cyclic N) is 1. The van der Waals surface area contributed by atoms with E-state index in [1.54, 1.807) is 35.0 Å². The normalized spacial score (nSPS) is 14.1. The van der Waals surface area contributed by atoms with Gasteiger partial charge in [-0.2, -0.15) is 5.10 Å². The van der Waals surface area contributed by atoms with Gasteiger partial charge in [0, 0.05) is 12.2 Å². The van der Waals surface area contributed by atoms with Gasteiger partial charge < -0.3 is 20.1 Å². The van der Waals surface area contributed by atoms with Crippen LogP contribution in [0.4, 0.5) is 5.69 Å². The van der Waals surface area contributed by atoms with Gasteiger partial charge in [0.05, 0.1) is 37.2 Å². The van der Waals surface area contributed by atoms with E-state index in [0.717, 1.165) is 11.4 Å². The van der Waals surface area contributed by atoms with Gasteiger partial charge in [-0.1, -0.05) is 11.6 Å². The van der Waals surface area contributed by atoms with Crippen molar-refractivity contribution in [2.45, 2.75) is 6.92 Å². The SMILES string of the molecule is COC(=O)C1=C(Nc2ccc(-n3nc(C)cc3Cl)cc2)C(=O)N(CCO)C1. The number of aliphatic hydroxyl groups excluding tert-OH is 1. The molecule has 0 radical (unpaired) electrons. The summed E-state index contributed by atoms with van der Waals surface area (Å²) in [6.07, 6.45) is 0. The summed E-state index contributed by atoms with van der Waals surface area (Å²) in [6, 6.07) is 8.86. The first-order valence-corrected chi connectivity index (χ1v) is 8.63. The van der Waals surface area contributed by atoms with Crippen molar-refractivity contribution in [3.05, 3.63) is 52.4 Å². The van der Waals surface area contributed by atoms with Crippen LogP contribution in [0.25, 0.3) is 5.69 Å². The number of methoxy groups -OCH3 is 1. The molecule has 1 aromatic heterocycles. The van der Waals surface area contributed by atoms with E-state index in [0.29, 0.717) is 10.8 Å². The largest absolute Gasteiger partial charge is 0.466 e. The molecule has 0 bridgehead atoms. The van der Waals surface area contributed by atoms with Gasteiger partial charge >= 0.3 is 5.97 Å². The highest BCUT2D eigenvalue weighted by Crippen LogP contribution is 2.24. The number of carbonyl (C=O) groups is 2. The molecular weight excluding hydrogens is 372 g/mol. The first-order chi connectivity index (χ1) is 12.9. The van der Waals surface area contributed by atoms with Crippen molar-refractivity contribution < 1.29 is 19.4 Å². The minimum absolute atomic E-state index is 0.0919. The van der Waals surface area contributed by atoms with Crippen molar-refractivity contribution in [2.75, 3.05) is 32.1 Å². The number of amides is 1. The first-order valence-electron chi connectivity index (χ1n) is 8.25. The molecule has 27 heavy (non-hydrogen) atoms. The monoisotopic (exact) mass is 390 g/mol. The second-order valence-corrected chi connectivity index (χ2v) is 6.37. The first kappa shape index (κ1) is 18.9. The zero-order valence-corrected chi connectivity index (χ0v) is 15.7. The number of rotatable bonds is 6.